The molecular weight excluding hydrogens is 583 g/mol. The first-order valence-electron chi connectivity index (χ1n) is 13.6. The van der Waals surface area contributed by atoms with Gasteiger partial charge in [0.05, 0.1) is 0 Å². The van der Waals surface area contributed by atoms with E-state index in [1.165, 1.54) is 21.3 Å². The first-order chi connectivity index (χ1) is 17.9. The van der Waals surface area contributed by atoms with Crippen LogP contribution in [-0.4, -0.2) is 60.4 Å². The van der Waals surface area contributed by atoms with E-state index >= 15 is 0 Å². The molecule has 1 aromatic heterocycles. The number of aromatic nitrogens is 2. The van der Waals surface area contributed by atoms with Gasteiger partial charge in [-0.05, 0) is 0 Å². The average Bonchev–Trinajstić information content (AvgIpc) is 3.14. The second kappa shape index (κ2) is 11.7. The topological polar surface area (TPSA) is 91.8 Å². The number of hydrogen-bond donors (Lipinski definition) is 1. The second-order valence-electron chi connectivity index (χ2n) is 11.5. The van der Waals surface area contributed by atoms with Crippen LogP contribution in [0.3, 0.4) is 0 Å². The summed E-state index contributed by atoms with van der Waals surface area (Å²) >= 11 is -0.0845. The average molecular weight is 626 g/mol. The maximum atomic E-state index is 12.9. The fourth-order valence-corrected chi connectivity index (χ4v) is 19.9. The van der Waals surface area contributed by atoms with Gasteiger partial charge in [0, 0.05) is 0 Å². The van der Waals surface area contributed by atoms with E-state index < -0.39 is 34.6 Å². The van der Waals surface area contributed by atoms with Crippen LogP contribution >= 0.6 is 0 Å². The molecule has 3 heterocycles. The Bertz CT molecular complexity index is 1190. The number of H-pyrrole nitrogens is 1. The number of hydrogen-bond acceptors (Lipinski definition) is 6. The molecule has 0 saturated carbocycles. The first-order valence-corrected chi connectivity index (χ1v) is 19.4. The van der Waals surface area contributed by atoms with Gasteiger partial charge in [0.2, 0.25) is 0 Å². The zero-order valence-corrected chi connectivity index (χ0v) is 27.4. The summed E-state index contributed by atoms with van der Waals surface area (Å²) in [6.45, 7) is 18.0. The summed E-state index contributed by atoms with van der Waals surface area (Å²) in [6, 6.07) is 11.7. The summed E-state index contributed by atoms with van der Waals surface area (Å²) in [7, 11) is -5.57. The number of benzene rings is 1. The van der Waals surface area contributed by atoms with Gasteiger partial charge in [0.25, 0.3) is 0 Å². The molecule has 2 aliphatic heterocycles. The number of nitrogens with zero attached hydrogens (tertiary/aromatic N) is 1. The monoisotopic (exact) mass is 626 g/mol. The van der Waals surface area contributed by atoms with E-state index in [1.807, 2.05) is 18.2 Å². The van der Waals surface area contributed by atoms with Gasteiger partial charge in [0.15, 0.2) is 0 Å². The van der Waals surface area contributed by atoms with Gasteiger partial charge in [-0.15, -0.1) is 0 Å². The van der Waals surface area contributed by atoms with Crippen LogP contribution in [0.15, 0.2) is 52.2 Å². The van der Waals surface area contributed by atoms with Gasteiger partial charge < -0.3 is 0 Å². The van der Waals surface area contributed by atoms with Crippen LogP contribution in [0.4, 0.5) is 0 Å². The zero-order valence-electron chi connectivity index (χ0n) is 23.7. The maximum absolute atomic E-state index is 12.9. The Morgan fingerprint density at radius 2 is 1.50 bits per heavy atom. The van der Waals surface area contributed by atoms with Crippen molar-refractivity contribution >= 4 is 36.5 Å². The predicted molar refractivity (Wildman–Crippen MR) is 155 cm³/mol. The Balaban J connectivity index is 1.85. The van der Waals surface area contributed by atoms with E-state index in [1.54, 1.807) is 0 Å². The van der Waals surface area contributed by atoms with Crippen LogP contribution in [0.2, 0.25) is 27.0 Å². The number of aromatic amines is 1. The molecule has 4 rings (SSSR count). The van der Waals surface area contributed by atoms with Crippen LogP contribution in [0.5, 0.6) is 0 Å². The first kappa shape index (κ1) is 29.7. The third-order valence-electron chi connectivity index (χ3n) is 7.76. The predicted octanol–water partition coefficient (Wildman–Crippen LogP) is 4.21. The quantitative estimate of drug-likeness (QED) is 0.464. The molecule has 1 N–H and O–H groups in total. The summed E-state index contributed by atoms with van der Waals surface area (Å²) in [5, 5.41) is 0. The molecular formula is C27H42N2O6SeSi2. The van der Waals surface area contributed by atoms with Crippen molar-refractivity contribution in [1.29, 1.82) is 0 Å². The normalized spacial score (nSPS) is 27.1. The minimum absolute atomic E-state index is 0.0845. The fraction of sp³-hybridized carbons (Fsp3) is 0.630. The van der Waals surface area contributed by atoms with Crippen molar-refractivity contribution in [3.05, 3.63) is 63.4 Å². The van der Waals surface area contributed by atoms with Crippen molar-refractivity contribution in [1.82, 2.24) is 9.55 Å². The van der Waals surface area contributed by atoms with Crippen molar-refractivity contribution in [2.45, 2.75) is 101 Å². The van der Waals surface area contributed by atoms with E-state index in [4.69, 9.17) is 17.7 Å². The molecule has 38 heavy (non-hydrogen) atoms. The summed E-state index contributed by atoms with van der Waals surface area (Å²) in [4.78, 5) is 27.1. The summed E-state index contributed by atoms with van der Waals surface area (Å²) in [5.74, 6) is 0. The molecule has 2 fully saturated rings. The van der Waals surface area contributed by atoms with Crippen molar-refractivity contribution in [2.75, 3.05) is 6.61 Å². The van der Waals surface area contributed by atoms with Gasteiger partial charge in [-0.1, -0.05) is 0 Å². The second-order valence-corrected chi connectivity index (χ2v) is 23.0. The fourth-order valence-electron chi connectivity index (χ4n) is 5.76. The summed E-state index contributed by atoms with van der Waals surface area (Å²) < 4.78 is 31.0. The van der Waals surface area contributed by atoms with E-state index in [0.29, 0.717) is 6.61 Å². The molecule has 4 unspecified atom stereocenters. The number of ether oxygens (including phenoxy) is 1. The Morgan fingerprint density at radius 1 is 0.895 bits per heavy atom. The Morgan fingerprint density at radius 3 is 2.05 bits per heavy atom. The molecule has 8 nitrogen and oxygen atoms in total. The van der Waals surface area contributed by atoms with Crippen molar-refractivity contribution in [3.63, 3.8) is 0 Å². The van der Waals surface area contributed by atoms with Crippen LogP contribution < -0.4 is 15.7 Å². The van der Waals surface area contributed by atoms with E-state index in [2.05, 4.69) is 72.5 Å². The Hall–Kier alpha value is -1.31. The summed E-state index contributed by atoms with van der Waals surface area (Å²) in [6.07, 6.45) is 0.290. The van der Waals surface area contributed by atoms with Crippen LogP contribution in [0, 0.1) is 0 Å². The Labute approximate surface area is 234 Å². The standard InChI is InChI=1S/C27H42N2O6SeSi2/c1-17(2)37(18(3)4)32-16-22-24(34-38(35-37,19(5)6)20(7)8)25(36-21-12-10-9-11-13-21)26(33-22)29-15-14-23(30)28-27(29)31/h9-15,17-20,22,24-26H,16H2,1-8H3,(H,28,30,31). The molecule has 0 aliphatic carbocycles. The van der Waals surface area contributed by atoms with Crippen LogP contribution in [0.25, 0.3) is 0 Å². The molecule has 0 bridgehead atoms. The molecule has 4 atom stereocenters. The van der Waals surface area contributed by atoms with E-state index in [-0.39, 0.29) is 54.1 Å². The summed E-state index contributed by atoms with van der Waals surface area (Å²) in [5.41, 5.74) is -0.0650. The third-order valence-corrected chi connectivity index (χ3v) is 20.8. The Kier molecular flexibility index (Phi) is 9.11. The third kappa shape index (κ3) is 5.49. The number of rotatable bonds is 7. The van der Waals surface area contributed by atoms with Gasteiger partial charge in [-0.3, -0.25) is 0 Å². The van der Waals surface area contributed by atoms with Crippen molar-refractivity contribution in [2.24, 2.45) is 0 Å². The van der Waals surface area contributed by atoms with Crippen LogP contribution in [-0.2, 0) is 17.7 Å². The SMILES string of the molecule is CC(C)[Si]1(C(C)C)OCC2OC(n3ccc(=O)[nH]c3=O)C([Se]c3ccccc3)C2O[Si](C(C)C)(C(C)C)O1. The zero-order chi connectivity index (χ0) is 27.8. The number of nitrogens with one attached hydrogen (secondary N) is 1. The molecule has 210 valence electrons. The van der Waals surface area contributed by atoms with E-state index in [9.17, 15) is 9.59 Å². The molecule has 0 spiro atoms. The van der Waals surface area contributed by atoms with Gasteiger partial charge in [0.1, 0.15) is 0 Å². The van der Waals surface area contributed by atoms with Crippen LogP contribution in [0.1, 0.15) is 61.6 Å². The van der Waals surface area contributed by atoms with Crippen molar-refractivity contribution in [3.8, 4) is 0 Å². The van der Waals surface area contributed by atoms with E-state index in [0.717, 1.165) is 0 Å². The molecule has 2 saturated heterocycles. The molecule has 0 radical (unpaired) electrons. The van der Waals surface area contributed by atoms with Crippen molar-refractivity contribution < 1.29 is 17.7 Å². The molecule has 2 aliphatic rings. The minimum atomic E-state index is -2.86. The number of fused-ring (bicyclic) bond motifs is 1. The molecule has 1 aromatic carbocycles. The molecule has 2 aromatic rings. The molecule has 11 heteroatoms. The van der Waals surface area contributed by atoms with Gasteiger partial charge >= 0.3 is 235 Å². The molecule has 0 amide bonds. The van der Waals surface area contributed by atoms with Gasteiger partial charge in [-0.2, -0.15) is 0 Å². The van der Waals surface area contributed by atoms with Gasteiger partial charge in [-0.25, -0.2) is 0 Å².